The number of likely N-dealkylation sites (N-methyl/N-ethyl adjacent to an activating group) is 1. The molecule has 0 N–H and O–H groups in total. The molecule has 1 amide bonds. The number of ether oxygens (including phenoxy) is 4. The van der Waals surface area contributed by atoms with Crippen molar-refractivity contribution in [3.8, 4) is 23.0 Å². The van der Waals surface area contributed by atoms with Crippen LogP contribution in [-0.2, 0) is 24.0 Å². The van der Waals surface area contributed by atoms with E-state index in [1.54, 1.807) is 0 Å². The SMILES string of the molecule is [2H]C([2H])([2H])Oc1cc2c(cc1OC)CC2C([2H])([2H])N(C([2H])([2H])[2H])C([2H])([2H])CCN1C(=O)Cc2cc(OC)c(OC([2H])([2H])[2H])cc2C([2H])([2H])C1([2H])[2H]. The molecule has 7 heteroatoms. The molecule has 1 heterocycles. The van der Waals surface area contributed by atoms with E-state index in [0.717, 1.165) is 12.1 Å². The number of amides is 1. The number of carbonyl (C=O) groups is 1. The Morgan fingerprint density at radius 3 is 2.41 bits per heavy atom. The summed E-state index contributed by atoms with van der Waals surface area (Å²) in [5, 5.41) is 0. The molecular weight excluding hydrogens is 432 g/mol. The third-order valence-corrected chi connectivity index (χ3v) is 5.69. The lowest BCUT2D eigenvalue weighted by Gasteiger charge is -2.34. The Hall–Kier alpha value is -2.93. The first-order chi connectivity index (χ1) is 23.0. The zero-order valence-electron chi connectivity index (χ0n) is 35.7. The van der Waals surface area contributed by atoms with E-state index in [-0.39, 0.29) is 39.7 Å². The first-order valence-electron chi connectivity index (χ1n) is 18.9. The second-order valence-corrected chi connectivity index (χ2v) is 7.65. The predicted molar refractivity (Wildman–Crippen MR) is 132 cm³/mol. The summed E-state index contributed by atoms with van der Waals surface area (Å²) in [4.78, 5) is 13.9. The molecule has 1 aliphatic carbocycles. The molecule has 2 aromatic rings. The fourth-order valence-electron chi connectivity index (χ4n) is 3.88. The number of hydrogen-bond acceptors (Lipinski definition) is 6. The highest BCUT2D eigenvalue weighted by atomic mass is 16.5. The third kappa shape index (κ3) is 4.94. The van der Waals surface area contributed by atoms with Crippen molar-refractivity contribution in [1.82, 2.24) is 9.80 Å². The Morgan fingerprint density at radius 2 is 1.71 bits per heavy atom. The normalized spacial score (nSPS) is 29.3. The molecular formula is C27H36N2O5. The zero-order chi connectivity index (χ0) is 38.9. The Balaban J connectivity index is 1.68. The van der Waals surface area contributed by atoms with Gasteiger partial charge in [-0.3, -0.25) is 4.79 Å². The van der Waals surface area contributed by atoms with Crippen molar-refractivity contribution >= 4 is 5.91 Å². The van der Waals surface area contributed by atoms with Crippen LogP contribution in [0.2, 0.25) is 0 Å². The summed E-state index contributed by atoms with van der Waals surface area (Å²) in [6.07, 6.45) is -4.81. The number of benzene rings is 2. The Morgan fingerprint density at radius 1 is 1.03 bits per heavy atom. The van der Waals surface area contributed by atoms with Crippen LogP contribution in [-0.4, -0.2) is 77.0 Å². The van der Waals surface area contributed by atoms with Crippen LogP contribution < -0.4 is 18.9 Å². The van der Waals surface area contributed by atoms with Gasteiger partial charge in [0.15, 0.2) is 23.0 Å². The van der Waals surface area contributed by atoms with Crippen LogP contribution in [0.15, 0.2) is 24.3 Å². The van der Waals surface area contributed by atoms with Crippen LogP contribution in [0.1, 0.15) is 57.9 Å². The van der Waals surface area contributed by atoms with Gasteiger partial charge in [0.2, 0.25) is 5.91 Å². The Bertz CT molecular complexity index is 1660. The molecule has 1 unspecified atom stereocenters. The minimum absolute atomic E-state index is 0.000310. The fourth-order valence-corrected chi connectivity index (χ4v) is 3.88. The van der Waals surface area contributed by atoms with E-state index < -0.39 is 89.4 Å². The highest BCUT2D eigenvalue weighted by Crippen LogP contribution is 2.42. The van der Waals surface area contributed by atoms with Gasteiger partial charge >= 0.3 is 0 Å². The van der Waals surface area contributed by atoms with Gasteiger partial charge in [0, 0.05) is 40.5 Å². The molecule has 2 aromatic carbocycles. The number of fused-ring (bicyclic) bond motifs is 2. The van der Waals surface area contributed by atoms with Crippen molar-refractivity contribution < 1.29 is 47.0 Å². The largest absolute Gasteiger partial charge is 0.493 e. The van der Waals surface area contributed by atoms with Crippen molar-refractivity contribution in [2.24, 2.45) is 0 Å². The molecule has 1 atom stereocenters. The summed E-state index contributed by atoms with van der Waals surface area (Å²) in [7, 11) is -3.46. The maximum atomic E-state index is 13.5. The Kier molecular flexibility index (Phi) is 3.34. The van der Waals surface area contributed by atoms with Crippen LogP contribution in [0.4, 0.5) is 0 Å². The molecule has 1 aliphatic heterocycles. The van der Waals surface area contributed by atoms with Gasteiger partial charge in [0.1, 0.15) is 0 Å². The number of carbonyl (C=O) groups excluding carboxylic acids is 1. The number of hydrogen-bond donors (Lipinski definition) is 0. The molecule has 184 valence electrons. The quantitative estimate of drug-likeness (QED) is 0.515. The van der Waals surface area contributed by atoms with E-state index in [0.29, 0.717) is 10.5 Å². The lowest BCUT2D eigenvalue weighted by molar-refractivity contribution is -0.130. The number of methoxy groups -OCH3 is 4. The Labute approximate surface area is 226 Å². The van der Waals surface area contributed by atoms with Crippen molar-refractivity contribution in [3.63, 3.8) is 0 Å². The monoisotopic (exact) mass is 485 g/mol. The van der Waals surface area contributed by atoms with E-state index in [4.69, 9.17) is 42.3 Å². The number of nitrogens with zero attached hydrogens (tertiary/aromatic N) is 2. The number of aryl methyl sites for hydroxylation is 1. The van der Waals surface area contributed by atoms with Crippen LogP contribution in [0.3, 0.4) is 0 Å². The molecule has 0 bridgehead atoms. The van der Waals surface area contributed by atoms with E-state index in [1.807, 2.05) is 0 Å². The van der Waals surface area contributed by atoms with Crippen LogP contribution >= 0.6 is 0 Å². The number of rotatable bonds is 10. The second-order valence-electron chi connectivity index (χ2n) is 7.65. The summed E-state index contributed by atoms with van der Waals surface area (Å²) in [6.45, 7) is -13.7. The summed E-state index contributed by atoms with van der Waals surface area (Å²) in [5.41, 5.74) is 0.108. The van der Waals surface area contributed by atoms with Gasteiger partial charge in [0.25, 0.3) is 0 Å². The summed E-state index contributed by atoms with van der Waals surface area (Å²) in [6, 6.07) is 4.65. The first kappa shape index (κ1) is 10.8. The average molecular weight is 486 g/mol. The molecule has 7 nitrogen and oxygen atoms in total. The second kappa shape index (κ2) is 10.6. The van der Waals surface area contributed by atoms with E-state index in [2.05, 4.69) is 0 Å². The standard InChI is InChI=1S/C27H36N2O5/c1-28(17-21-11-20-14-25(33-4)26(34-5)16-22(20)21)8-6-9-29-10-7-18-12-23(31-2)24(32-3)13-19(18)15-27(29)30/h12-14,16,21H,6-11,15,17H2,1-5H3/i1D3,2D3,5D3,7D2,8D2,10D2,17D2. The van der Waals surface area contributed by atoms with Gasteiger partial charge in [-0.2, -0.15) is 0 Å². The molecule has 4 rings (SSSR count). The lowest BCUT2D eigenvalue weighted by Crippen LogP contribution is -2.36. The van der Waals surface area contributed by atoms with E-state index in [1.165, 1.54) is 26.4 Å². The topological polar surface area (TPSA) is 60.5 Å². The van der Waals surface area contributed by atoms with Crippen molar-refractivity contribution in [1.29, 1.82) is 0 Å². The molecule has 0 aromatic heterocycles. The lowest BCUT2D eigenvalue weighted by atomic mass is 9.77. The summed E-state index contributed by atoms with van der Waals surface area (Å²) < 4.78 is 160. The van der Waals surface area contributed by atoms with Gasteiger partial charge in [-0.1, -0.05) is 0 Å². The van der Waals surface area contributed by atoms with Gasteiger partial charge in [-0.15, -0.1) is 0 Å². The minimum atomic E-state index is -3.45. The van der Waals surface area contributed by atoms with E-state index in [9.17, 15) is 4.79 Å². The molecule has 0 saturated carbocycles. The molecule has 0 fully saturated rings. The fraction of sp³-hybridized carbons (Fsp3) is 0.519. The third-order valence-electron chi connectivity index (χ3n) is 5.69. The highest BCUT2D eigenvalue weighted by Gasteiger charge is 2.29. The summed E-state index contributed by atoms with van der Waals surface area (Å²) in [5.74, 6) is -3.21. The highest BCUT2D eigenvalue weighted by molar-refractivity contribution is 5.80. The van der Waals surface area contributed by atoms with Crippen LogP contribution in [0.25, 0.3) is 0 Å². The van der Waals surface area contributed by atoms with Gasteiger partial charge in [-0.25, -0.2) is 0 Å². The molecule has 2 aliphatic rings. The predicted octanol–water partition coefficient (Wildman–Crippen LogP) is 3.31. The van der Waals surface area contributed by atoms with Crippen molar-refractivity contribution in [2.75, 3.05) is 61.3 Å². The minimum Gasteiger partial charge on any atom is -0.493 e. The van der Waals surface area contributed by atoms with Crippen molar-refractivity contribution in [2.45, 2.75) is 31.6 Å². The van der Waals surface area contributed by atoms with E-state index >= 15 is 0 Å². The molecule has 0 spiro atoms. The van der Waals surface area contributed by atoms with Gasteiger partial charge in [0.05, 0.1) is 42.9 Å². The summed E-state index contributed by atoms with van der Waals surface area (Å²) >= 11 is 0. The van der Waals surface area contributed by atoms with Gasteiger partial charge in [-0.05, 0) is 79.2 Å². The van der Waals surface area contributed by atoms with Crippen molar-refractivity contribution in [3.05, 3.63) is 46.5 Å². The maximum absolute atomic E-state index is 13.5. The molecule has 0 saturated heterocycles. The van der Waals surface area contributed by atoms with Crippen LogP contribution in [0, 0.1) is 0 Å². The van der Waals surface area contributed by atoms with Gasteiger partial charge < -0.3 is 28.7 Å². The smallest absolute Gasteiger partial charge is 0.227 e. The maximum Gasteiger partial charge on any atom is 0.227 e. The van der Waals surface area contributed by atoms with Crippen LogP contribution in [0.5, 0.6) is 23.0 Å². The average Bonchev–Trinajstić information content (AvgIpc) is 2.96. The first-order valence-corrected chi connectivity index (χ1v) is 10.4. The molecule has 34 heavy (non-hydrogen) atoms. The zero-order valence-corrected chi connectivity index (χ0v) is 18.7. The molecule has 0 radical (unpaired) electrons.